The lowest BCUT2D eigenvalue weighted by molar-refractivity contribution is -0.122. The van der Waals surface area contributed by atoms with Crippen LogP contribution < -0.4 is 15.5 Å². The summed E-state index contributed by atoms with van der Waals surface area (Å²) >= 11 is 0. The Morgan fingerprint density at radius 2 is 2.05 bits per heavy atom. The van der Waals surface area contributed by atoms with Gasteiger partial charge in [-0.1, -0.05) is 6.92 Å². The molecular formula is C15H21F2N3O. The van der Waals surface area contributed by atoms with Crippen LogP contribution in [0.15, 0.2) is 12.1 Å². The number of amides is 1. The number of carbonyl (C=O) groups excluding carboxylic acids is 1. The minimum absolute atomic E-state index is 0.114. The normalized spacial score (nSPS) is 18.8. The number of rotatable bonds is 5. The highest BCUT2D eigenvalue weighted by atomic mass is 19.1. The molecule has 1 saturated heterocycles. The van der Waals surface area contributed by atoms with Crippen molar-refractivity contribution < 1.29 is 13.6 Å². The topological polar surface area (TPSA) is 44.4 Å². The second-order valence-corrected chi connectivity index (χ2v) is 5.25. The van der Waals surface area contributed by atoms with E-state index in [0.717, 1.165) is 13.0 Å². The van der Waals surface area contributed by atoms with Gasteiger partial charge in [-0.05, 0) is 37.6 Å². The molecule has 1 aliphatic heterocycles. The first-order valence-corrected chi connectivity index (χ1v) is 7.27. The Kier molecular flexibility index (Phi) is 5.12. The molecular weight excluding hydrogens is 276 g/mol. The summed E-state index contributed by atoms with van der Waals surface area (Å²) in [5.74, 6) is -1.46. The van der Waals surface area contributed by atoms with Crippen LogP contribution in [0, 0.1) is 11.6 Å². The second-order valence-electron chi connectivity index (χ2n) is 5.25. The average molecular weight is 297 g/mol. The fourth-order valence-corrected chi connectivity index (χ4v) is 2.49. The molecule has 1 unspecified atom stereocenters. The Labute approximate surface area is 123 Å². The largest absolute Gasteiger partial charge is 0.353 e. The van der Waals surface area contributed by atoms with Crippen molar-refractivity contribution in [3.63, 3.8) is 0 Å². The number of nitrogens with zero attached hydrogens (tertiary/aromatic N) is 1. The summed E-state index contributed by atoms with van der Waals surface area (Å²) in [6, 6.07) is 2.09. The summed E-state index contributed by atoms with van der Waals surface area (Å²) < 4.78 is 28.5. The standard InChI is InChI=1S/C15H21F2N3O/c1-3-4-18-9-11-7-12(16)14(13(17)8-11)20-6-5-19-15(21)10(20)2/h7-8,10,18H,3-6,9H2,1-2H3,(H,19,21). The Hall–Kier alpha value is -1.69. The first kappa shape index (κ1) is 15.7. The predicted molar refractivity (Wildman–Crippen MR) is 78.2 cm³/mol. The molecule has 2 rings (SSSR count). The van der Waals surface area contributed by atoms with E-state index in [0.29, 0.717) is 25.2 Å². The lowest BCUT2D eigenvalue weighted by Gasteiger charge is -2.35. The maximum atomic E-state index is 14.3. The fourth-order valence-electron chi connectivity index (χ4n) is 2.49. The zero-order valence-electron chi connectivity index (χ0n) is 12.4. The number of benzene rings is 1. The van der Waals surface area contributed by atoms with Crippen molar-refractivity contribution in [2.24, 2.45) is 0 Å². The number of hydrogen-bond donors (Lipinski definition) is 2. The van der Waals surface area contributed by atoms with Gasteiger partial charge in [-0.15, -0.1) is 0 Å². The molecule has 1 fully saturated rings. The van der Waals surface area contributed by atoms with Crippen LogP contribution in [-0.4, -0.2) is 31.6 Å². The van der Waals surface area contributed by atoms with Crippen molar-refractivity contribution in [3.05, 3.63) is 29.3 Å². The zero-order chi connectivity index (χ0) is 15.4. The minimum Gasteiger partial charge on any atom is -0.353 e. The third-order valence-corrected chi connectivity index (χ3v) is 3.62. The van der Waals surface area contributed by atoms with E-state index >= 15 is 0 Å². The van der Waals surface area contributed by atoms with E-state index in [9.17, 15) is 13.6 Å². The summed E-state index contributed by atoms with van der Waals surface area (Å²) in [6.07, 6.45) is 0.962. The van der Waals surface area contributed by atoms with Gasteiger partial charge in [0.2, 0.25) is 5.91 Å². The van der Waals surface area contributed by atoms with E-state index < -0.39 is 17.7 Å². The second kappa shape index (κ2) is 6.85. The molecule has 1 aromatic carbocycles. The number of anilines is 1. The zero-order valence-corrected chi connectivity index (χ0v) is 12.4. The highest BCUT2D eigenvalue weighted by molar-refractivity contribution is 5.86. The molecule has 0 aromatic heterocycles. The van der Waals surface area contributed by atoms with Gasteiger partial charge in [0, 0.05) is 19.6 Å². The summed E-state index contributed by atoms with van der Waals surface area (Å²) in [5.41, 5.74) is 0.452. The van der Waals surface area contributed by atoms with Crippen LogP contribution in [0.3, 0.4) is 0 Å². The maximum Gasteiger partial charge on any atom is 0.242 e. The molecule has 4 nitrogen and oxygen atoms in total. The van der Waals surface area contributed by atoms with Crippen molar-refractivity contribution in [1.29, 1.82) is 0 Å². The molecule has 6 heteroatoms. The molecule has 0 radical (unpaired) electrons. The van der Waals surface area contributed by atoms with Gasteiger partial charge in [-0.3, -0.25) is 4.79 Å². The van der Waals surface area contributed by atoms with E-state index in [1.54, 1.807) is 6.92 Å². The van der Waals surface area contributed by atoms with Crippen LogP contribution >= 0.6 is 0 Å². The highest BCUT2D eigenvalue weighted by Gasteiger charge is 2.29. The summed E-state index contributed by atoms with van der Waals surface area (Å²) in [7, 11) is 0. The molecule has 1 heterocycles. The Bertz CT molecular complexity index is 499. The summed E-state index contributed by atoms with van der Waals surface area (Å²) in [5, 5.41) is 5.79. The van der Waals surface area contributed by atoms with Gasteiger partial charge in [0.1, 0.15) is 23.4 Å². The smallest absolute Gasteiger partial charge is 0.242 e. The molecule has 21 heavy (non-hydrogen) atoms. The molecule has 0 bridgehead atoms. The molecule has 1 aromatic rings. The van der Waals surface area contributed by atoms with Crippen LogP contribution in [0.1, 0.15) is 25.8 Å². The summed E-state index contributed by atoms with van der Waals surface area (Å²) in [6.45, 7) is 5.69. The fraction of sp³-hybridized carbons (Fsp3) is 0.533. The van der Waals surface area contributed by atoms with Crippen molar-refractivity contribution in [2.45, 2.75) is 32.9 Å². The number of nitrogens with one attached hydrogen (secondary N) is 2. The van der Waals surface area contributed by atoms with Gasteiger partial charge >= 0.3 is 0 Å². The van der Waals surface area contributed by atoms with Crippen LogP contribution in [0.4, 0.5) is 14.5 Å². The van der Waals surface area contributed by atoms with Crippen LogP contribution in [0.25, 0.3) is 0 Å². The molecule has 2 N–H and O–H groups in total. The van der Waals surface area contributed by atoms with Gasteiger partial charge in [0.05, 0.1) is 0 Å². The monoisotopic (exact) mass is 297 g/mol. The van der Waals surface area contributed by atoms with Crippen molar-refractivity contribution in [2.75, 3.05) is 24.5 Å². The maximum absolute atomic E-state index is 14.3. The molecule has 0 saturated carbocycles. The molecule has 1 aliphatic rings. The Morgan fingerprint density at radius 1 is 1.38 bits per heavy atom. The lowest BCUT2D eigenvalue weighted by Crippen LogP contribution is -2.54. The van der Waals surface area contributed by atoms with E-state index in [1.165, 1.54) is 17.0 Å². The SMILES string of the molecule is CCCNCc1cc(F)c(N2CCNC(=O)C2C)c(F)c1. The van der Waals surface area contributed by atoms with Crippen molar-refractivity contribution in [3.8, 4) is 0 Å². The predicted octanol–water partition coefficient (Wildman–Crippen LogP) is 1.79. The Morgan fingerprint density at radius 3 is 2.67 bits per heavy atom. The van der Waals surface area contributed by atoms with Crippen LogP contribution in [0.5, 0.6) is 0 Å². The van der Waals surface area contributed by atoms with E-state index in [1.807, 2.05) is 6.92 Å². The van der Waals surface area contributed by atoms with Crippen LogP contribution in [0.2, 0.25) is 0 Å². The quantitative estimate of drug-likeness (QED) is 0.815. The highest BCUT2D eigenvalue weighted by Crippen LogP contribution is 2.27. The number of carbonyl (C=O) groups is 1. The number of hydrogen-bond acceptors (Lipinski definition) is 3. The number of piperazine rings is 1. The lowest BCUT2D eigenvalue weighted by atomic mass is 10.1. The molecule has 116 valence electrons. The van der Waals surface area contributed by atoms with Crippen molar-refractivity contribution >= 4 is 11.6 Å². The molecule has 0 spiro atoms. The summed E-state index contributed by atoms with van der Waals surface area (Å²) in [4.78, 5) is 13.1. The van der Waals surface area contributed by atoms with Gasteiger partial charge in [0.25, 0.3) is 0 Å². The van der Waals surface area contributed by atoms with E-state index in [2.05, 4.69) is 10.6 Å². The average Bonchev–Trinajstić information content (AvgIpc) is 2.43. The van der Waals surface area contributed by atoms with Gasteiger partial charge in [-0.2, -0.15) is 0 Å². The molecule has 1 atom stereocenters. The number of halogens is 2. The van der Waals surface area contributed by atoms with Gasteiger partial charge in [-0.25, -0.2) is 8.78 Å². The minimum atomic E-state index is -0.621. The van der Waals surface area contributed by atoms with Gasteiger partial charge in [0.15, 0.2) is 0 Å². The molecule has 1 amide bonds. The third-order valence-electron chi connectivity index (χ3n) is 3.62. The third kappa shape index (κ3) is 3.50. The first-order chi connectivity index (χ1) is 10.0. The Balaban J connectivity index is 2.22. The van der Waals surface area contributed by atoms with Crippen molar-refractivity contribution in [1.82, 2.24) is 10.6 Å². The van der Waals surface area contributed by atoms with E-state index in [4.69, 9.17) is 0 Å². The molecule has 0 aliphatic carbocycles. The van der Waals surface area contributed by atoms with Gasteiger partial charge < -0.3 is 15.5 Å². The van der Waals surface area contributed by atoms with Crippen LogP contribution in [-0.2, 0) is 11.3 Å². The first-order valence-electron chi connectivity index (χ1n) is 7.27. The van der Waals surface area contributed by atoms with E-state index in [-0.39, 0.29) is 11.6 Å².